The third-order valence-electron chi connectivity index (χ3n) is 3.44. The summed E-state index contributed by atoms with van der Waals surface area (Å²) in [6.45, 7) is 2.54. The highest BCUT2D eigenvalue weighted by molar-refractivity contribution is 6.32. The van der Waals surface area contributed by atoms with Crippen LogP contribution in [0.25, 0.3) is 10.9 Å². The van der Waals surface area contributed by atoms with E-state index in [0.29, 0.717) is 22.6 Å². The van der Waals surface area contributed by atoms with Gasteiger partial charge in [-0.2, -0.15) is 0 Å². The minimum atomic E-state index is -0.173. The number of nitrogens with one attached hydrogen (secondary N) is 1. The monoisotopic (exact) mass is 305 g/mol. The highest BCUT2D eigenvalue weighted by Gasteiger charge is 2.16. The molecule has 1 aromatic heterocycles. The van der Waals surface area contributed by atoms with Gasteiger partial charge in [-0.3, -0.25) is 9.78 Å². The van der Waals surface area contributed by atoms with Crippen LogP contribution in [0.5, 0.6) is 0 Å². The maximum Gasteiger partial charge on any atom is 0.253 e. The molecule has 0 aliphatic heterocycles. The molecule has 2 rings (SSSR count). The summed E-state index contributed by atoms with van der Waals surface area (Å²) in [6, 6.07) is 7.15. The number of aromatic nitrogens is 1. The van der Waals surface area contributed by atoms with Crippen molar-refractivity contribution in [1.29, 1.82) is 0 Å². The molecule has 0 aliphatic rings. The molecule has 0 aliphatic carbocycles. The molecule has 0 fully saturated rings. The standard InChI is InChI=1S/C16H20ClN3O/c1-2-3-6-13(10-18)20-16(21)14-9-12(17)8-11-5-4-7-19-15(11)14/h4-5,7-9,13H,2-3,6,10,18H2,1H3,(H,20,21). The van der Waals surface area contributed by atoms with Gasteiger partial charge in [-0.1, -0.05) is 37.4 Å². The van der Waals surface area contributed by atoms with E-state index in [4.69, 9.17) is 17.3 Å². The summed E-state index contributed by atoms with van der Waals surface area (Å²) in [4.78, 5) is 16.8. The van der Waals surface area contributed by atoms with Crippen molar-refractivity contribution < 1.29 is 4.79 Å². The smallest absolute Gasteiger partial charge is 0.253 e. The van der Waals surface area contributed by atoms with Crippen molar-refractivity contribution in [2.75, 3.05) is 6.54 Å². The van der Waals surface area contributed by atoms with Gasteiger partial charge in [0, 0.05) is 29.2 Å². The molecule has 1 aromatic carbocycles. The number of nitrogens with two attached hydrogens (primary N) is 1. The van der Waals surface area contributed by atoms with Gasteiger partial charge in [-0.05, 0) is 24.6 Å². The minimum absolute atomic E-state index is 0.0183. The molecule has 5 heteroatoms. The number of fused-ring (bicyclic) bond motifs is 1. The Morgan fingerprint density at radius 1 is 1.48 bits per heavy atom. The summed E-state index contributed by atoms with van der Waals surface area (Å²) in [5.41, 5.74) is 6.88. The quantitative estimate of drug-likeness (QED) is 0.861. The van der Waals surface area contributed by atoms with Crippen LogP contribution < -0.4 is 11.1 Å². The number of benzene rings is 1. The summed E-state index contributed by atoms with van der Waals surface area (Å²) in [5.74, 6) is -0.173. The van der Waals surface area contributed by atoms with E-state index in [2.05, 4.69) is 17.2 Å². The summed E-state index contributed by atoms with van der Waals surface area (Å²) in [5, 5.41) is 4.36. The Morgan fingerprint density at radius 2 is 2.29 bits per heavy atom. The summed E-state index contributed by atoms with van der Waals surface area (Å²) < 4.78 is 0. The minimum Gasteiger partial charge on any atom is -0.348 e. The Bertz CT molecular complexity index is 630. The van der Waals surface area contributed by atoms with Crippen LogP contribution in [-0.4, -0.2) is 23.5 Å². The first kappa shape index (κ1) is 15.7. The Morgan fingerprint density at radius 3 is 3.00 bits per heavy atom. The number of carbonyl (C=O) groups excluding carboxylic acids is 1. The second-order valence-electron chi connectivity index (χ2n) is 5.08. The fourth-order valence-electron chi connectivity index (χ4n) is 2.29. The van der Waals surface area contributed by atoms with Gasteiger partial charge in [0.2, 0.25) is 0 Å². The largest absolute Gasteiger partial charge is 0.348 e. The van der Waals surface area contributed by atoms with Crippen LogP contribution in [0.1, 0.15) is 36.5 Å². The van der Waals surface area contributed by atoms with Crippen LogP contribution in [-0.2, 0) is 0 Å². The molecule has 0 radical (unpaired) electrons. The highest BCUT2D eigenvalue weighted by atomic mass is 35.5. The fourth-order valence-corrected chi connectivity index (χ4v) is 2.52. The van der Waals surface area contributed by atoms with Gasteiger partial charge in [-0.25, -0.2) is 0 Å². The van der Waals surface area contributed by atoms with Gasteiger partial charge in [0.05, 0.1) is 11.1 Å². The summed E-state index contributed by atoms with van der Waals surface area (Å²) >= 11 is 6.09. The molecule has 4 nitrogen and oxygen atoms in total. The second-order valence-corrected chi connectivity index (χ2v) is 5.51. The van der Waals surface area contributed by atoms with Crippen LogP contribution in [0.3, 0.4) is 0 Å². The fraction of sp³-hybridized carbons (Fsp3) is 0.375. The van der Waals surface area contributed by atoms with Crippen molar-refractivity contribution in [2.45, 2.75) is 32.2 Å². The zero-order valence-electron chi connectivity index (χ0n) is 12.1. The number of unbranched alkanes of at least 4 members (excludes halogenated alkanes) is 1. The van der Waals surface area contributed by atoms with E-state index in [9.17, 15) is 4.79 Å². The van der Waals surface area contributed by atoms with Crippen LogP contribution in [0.4, 0.5) is 0 Å². The maximum absolute atomic E-state index is 12.5. The van der Waals surface area contributed by atoms with Crippen molar-refractivity contribution in [3.8, 4) is 0 Å². The molecule has 1 unspecified atom stereocenters. The SMILES string of the molecule is CCCCC(CN)NC(=O)c1cc(Cl)cc2cccnc12. The third-order valence-corrected chi connectivity index (χ3v) is 3.66. The normalized spacial score (nSPS) is 12.3. The lowest BCUT2D eigenvalue weighted by atomic mass is 10.1. The Labute approximate surface area is 129 Å². The van der Waals surface area contributed by atoms with Crippen molar-refractivity contribution in [2.24, 2.45) is 5.73 Å². The number of amides is 1. The van der Waals surface area contributed by atoms with Gasteiger partial charge >= 0.3 is 0 Å². The first-order valence-corrected chi connectivity index (χ1v) is 7.58. The molecular formula is C16H20ClN3O. The van der Waals surface area contributed by atoms with Gasteiger partial charge in [0.15, 0.2) is 0 Å². The number of hydrogen-bond donors (Lipinski definition) is 2. The van der Waals surface area contributed by atoms with Gasteiger partial charge < -0.3 is 11.1 Å². The lowest BCUT2D eigenvalue weighted by Gasteiger charge is -2.17. The Balaban J connectivity index is 2.26. The van der Waals surface area contributed by atoms with Crippen molar-refractivity contribution >= 4 is 28.4 Å². The second kappa shape index (κ2) is 7.38. The predicted molar refractivity (Wildman–Crippen MR) is 86.6 cm³/mol. The van der Waals surface area contributed by atoms with Crippen LogP contribution >= 0.6 is 11.6 Å². The molecule has 1 atom stereocenters. The summed E-state index contributed by atoms with van der Waals surface area (Å²) in [6.07, 6.45) is 4.67. The molecular weight excluding hydrogens is 286 g/mol. The van der Waals surface area contributed by atoms with E-state index in [1.165, 1.54) is 0 Å². The van der Waals surface area contributed by atoms with E-state index in [1.54, 1.807) is 18.3 Å². The van der Waals surface area contributed by atoms with Crippen LogP contribution in [0, 0.1) is 0 Å². The number of nitrogens with zero attached hydrogens (tertiary/aromatic N) is 1. The number of carbonyl (C=O) groups is 1. The Hall–Kier alpha value is -1.65. The van der Waals surface area contributed by atoms with Gasteiger partial charge in [-0.15, -0.1) is 0 Å². The molecule has 112 valence electrons. The van der Waals surface area contributed by atoms with E-state index >= 15 is 0 Å². The van der Waals surface area contributed by atoms with Gasteiger partial charge in [0.25, 0.3) is 5.91 Å². The average Bonchev–Trinajstić information content (AvgIpc) is 2.50. The molecule has 2 aromatic rings. The number of hydrogen-bond acceptors (Lipinski definition) is 3. The van der Waals surface area contributed by atoms with E-state index < -0.39 is 0 Å². The maximum atomic E-state index is 12.5. The topological polar surface area (TPSA) is 68.0 Å². The number of halogens is 1. The number of pyridine rings is 1. The number of rotatable bonds is 6. The zero-order chi connectivity index (χ0) is 15.2. The lowest BCUT2D eigenvalue weighted by Crippen LogP contribution is -2.40. The van der Waals surface area contributed by atoms with Crippen molar-refractivity contribution in [3.05, 3.63) is 41.0 Å². The molecule has 0 saturated heterocycles. The van der Waals surface area contributed by atoms with E-state index in [1.807, 2.05) is 12.1 Å². The first-order valence-electron chi connectivity index (χ1n) is 7.21. The zero-order valence-corrected chi connectivity index (χ0v) is 12.9. The molecule has 1 amide bonds. The molecule has 1 heterocycles. The van der Waals surface area contributed by atoms with Crippen molar-refractivity contribution in [1.82, 2.24) is 10.3 Å². The Kier molecular flexibility index (Phi) is 5.53. The van der Waals surface area contributed by atoms with Crippen LogP contribution in [0.15, 0.2) is 30.5 Å². The highest BCUT2D eigenvalue weighted by Crippen LogP contribution is 2.22. The van der Waals surface area contributed by atoms with Gasteiger partial charge in [0.1, 0.15) is 0 Å². The molecule has 0 saturated carbocycles. The summed E-state index contributed by atoms with van der Waals surface area (Å²) in [7, 11) is 0. The van der Waals surface area contributed by atoms with Crippen molar-refractivity contribution in [3.63, 3.8) is 0 Å². The van der Waals surface area contributed by atoms with E-state index in [0.717, 1.165) is 24.6 Å². The molecule has 21 heavy (non-hydrogen) atoms. The predicted octanol–water partition coefficient (Wildman–Crippen LogP) is 3.14. The molecule has 0 bridgehead atoms. The molecule has 0 spiro atoms. The van der Waals surface area contributed by atoms with E-state index in [-0.39, 0.29) is 11.9 Å². The molecule has 3 N–H and O–H groups in total. The average molecular weight is 306 g/mol. The third kappa shape index (κ3) is 3.93. The van der Waals surface area contributed by atoms with Crippen LogP contribution in [0.2, 0.25) is 5.02 Å². The lowest BCUT2D eigenvalue weighted by molar-refractivity contribution is 0.0937. The first-order chi connectivity index (χ1) is 10.2.